The Morgan fingerprint density at radius 2 is 2.00 bits per heavy atom. The van der Waals surface area contributed by atoms with Gasteiger partial charge in [0.25, 0.3) is 0 Å². The highest BCUT2D eigenvalue weighted by Crippen LogP contribution is 2.35. The third-order valence-electron chi connectivity index (χ3n) is 3.69. The Labute approximate surface area is 124 Å². The maximum absolute atomic E-state index is 12.3. The molecule has 1 aliphatic rings. The molecule has 1 aromatic carbocycles. The molecule has 21 heavy (non-hydrogen) atoms. The molecule has 0 fully saturated rings. The molecule has 0 bridgehead atoms. The fourth-order valence-corrected chi connectivity index (χ4v) is 2.52. The third kappa shape index (κ3) is 2.90. The lowest BCUT2D eigenvalue weighted by molar-refractivity contribution is -0.163. The molecule has 0 radical (unpaired) electrons. The van der Waals surface area contributed by atoms with Gasteiger partial charge in [-0.05, 0) is 32.3 Å². The van der Waals surface area contributed by atoms with Crippen LogP contribution >= 0.6 is 0 Å². The first kappa shape index (κ1) is 15.4. The fraction of sp³-hybridized carbons (Fsp3) is 0.412. The molecule has 1 aromatic rings. The van der Waals surface area contributed by atoms with E-state index < -0.39 is 11.6 Å². The van der Waals surface area contributed by atoms with Crippen molar-refractivity contribution in [2.24, 2.45) is 0 Å². The zero-order chi connectivity index (χ0) is 15.5. The predicted molar refractivity (Wildman–Crippen MR) is 78.6 cm³/mol. The van der Waals surface area contributed by atoms with Crippen molar-refractivity contribution in [2.75, 3.05) is 6.61 Å². The molecule has 0 aromatic heterocycles. The Morgan fingerprint density at radius 1 is 1.33 bits per heavy atom. The highest BCUT2D eigenvalue weighted by molar-refractivity contribution is 6.05. The molecular weight excluding hydrogens is 268 g/mol. The molecule has 1 aliphatic carbocycles. The van der Waals surface area contributed by atoms with Crippen molar-refractivity contribution in [3.8, 4) is 0 Å². The minimum absolute atomic E-state index is 0.135. The summed E-state index contributed by atoms with van der Waals surface area (Å²) in [7, 11) is 0. The van der Waals surface area contributed by atoms with Crippen molar-refractivity contribution in [3.63, 3.8) is 0 Å². The highest BCUT2D eigenvalue weighted by Gasteiger charge is 2.46. The minimum Gasteiger partial charge on any atom is -0.463 e. The van der Waals surface area contributed by atoms with Crippen molar-refractivity contribution in [1.82, 2.24) is 0 Å². The number of ether oxygens (including phenoxy) is 1. The van der Waals surface area contributed by atoms with Crippen LogP contribution in [-0.4, -0.2) is 23.5 Å². The van der Waals surface area contributed by atoms with Gasteiger partial charge in [0.05, 0.1) is 6.61 Å². The van der Waals surface area contributed by atoms with Crippen LogP contribution < -0.4 is 0 Å². The van der Waals surface area contributed by atoms with Crippen LogP contribution in [0.25, 0.3) is 0 Å². The molecule has 1 N–H and O–H groups in total. The van der Waals surface area contributed by atoms with Crippen LogP contribution in [0.15, 0.2) is 35.9 Å². The molecule has 1 atom stereocenters. The van der Waals surface area contributed by atoms with Gasteiger partial charge in [-0.15, -0.1) is 0 Å². The number of Topliss-reactive ketones (excluding diaryl/α,β-unsaturated/α-hetero) is 1. The minimum atomic E-state index is -2.01. The van der Waals surface area contributed by atoms with Gasteiger partial charge in [0.15, 0.2) is 5.78 Å². The molecule has 0 spiro atoms. The largest absolute Gasteiger partial charge is 0.463 e. The number of benzene rings is 1. The second-order valence-corrected chi connectivity index (χ2v) is 5.23. The monoisotopic (exact) mass is 288 g/mol. The summed E-state index contributed by atoms with van der Waals surface area (Å²) in [6, 6.07) is 6.92. The molecule has 0 heterocycles. The van der Waals surface area contributed by atoms with Gasteiger partial charge in [0, 0.05) is 12.0 Å². The number of carbonyl (C=O) groups is 2. The van der Waals surface area contributed by atoms with E-state index in [1.807, 2.05) is 6.92 Å². The fourth-order valence-electron chi connectivity index (χ4n) is 2.52. The van der Waals surface area contributed by atoms with Crippen LogP contribution in [0.3, 0.4) is 0 Å². The Hall–Kier alpha value is -1.94. The van der Waals surface area contributed by atoms with Crippen molar-refractivity contribution in [1.29, 1.82) is 0 Å². The van der Waals surface area contributed by atoms with E-state index >= 15 is 0 Å². The lowest BCUT2D eigenvalue weighted by Crippen LogP contribution is -2.42. The average molecular weight is 288 g/mol. The zero-order valence-corrected chi connectivity index (χ0v) is 12.4. The van der Waals surface area contributed by atoms with Crippen LogP contribution in [0.2, 0.25) is 0 Å². The van der Waals surface area contributed by atoms with Crippen molar-refractivity contribution in [2.45, 2.75) is 38.7 Å². The van der Waals surface area contributed by atoms with E-state index in [-0.39, 0.29) is 18.0 Å². The summed E-state index contributed by atoms with van der Waals surface area (Å²) in [5, 5.41) is 11.0. The van der Waals surface area contributed by atoms with E-state index in [2.05, 4.69) is 0 Å². The van der Waals surface area contributed by atoms with Crippen LogP contribution in [0.5, 0.6) is 0 Å². The molecule has 0 saturated heterocycles. The SMILES string of the molecule is CCOC(=O)C(O)(C1=CCCCC1=O)c1ccc(C)cc1. The van der Waals surface area contributed by atoms with E-state index in [0.29, 0.717) is 18.4 Å². The molecule has 0 saturated carbocycles. The summed E-state index contributed by atoms with van der Waals surface area (Å²) in [5.74, 6) is -0.993. The quantitative estimate of drug-likeness (QED) is 0.864. The molecule has 2 rings (SSSR count). The number of carbonyl (C=O) groups excluding carboxylic acids is 2. The summed E-state index contributed by atoms with van der Waals surface area (Å²) in [4.78, 5) is 24.5. The summed E-state index contributed by atoms with van der Waals surface area (Å²) in [6.45, 7) is 3.73. The normalized spacial score (nSPS) is 17.9. The lowest BCUT2D eigenvalue weighted by atomic mass is 9.79. The van der Waals surface area contributed by atoms with Gasteiger partial charge in [-0.25, -0.2) is 4.79 Å². The number of hydrogen-bond donors (Lipinski definition) is 1. The number of rotatable bonds is 4. The molecular formula is C17H20O4. The maximum Gasteiger partial charge on any atom is 0.347 e. The van der Waals surface area contributed by atoms with E-state index in [0.717, 1.165) is 12.0 Å². The zero-order valence-electron chi connectivity index (χ0n) is 12.4. The molecule has 4 nitrogen and oxygen atoms in total. The van der Waals surface area contributed by atoms with Crippen molar-refractivity contribution in [3.05, 3.63) is 47.0 Å². The van der Waals surface area contributed by atoms with Crippen LogP contribution in [0.4, 0.5) is 0 Å². The second kappa shape index (κ2) is 6.22. The standard InChI is InChI=1S/C17H20O4/c1-3-21-16(19)17(20,13-10-8-12(2)9-11-13)14-6-4-5-7-15(14)18/h6,8-11,20H,3-5,7H2,1-2H3. The first-order valence-electron chi connectivity index (χ1n) is 7.20. The number of ketones is 1. The topological polar surface area (TPSA) is 63.6 Å². The number of hydrogen-bond acceptors (Lipinski definition) is 4. The van der Waals surface area contributed by atoms with E-state index in [4.69, 9.17) is 4.74 Å². The molecule has 1 unspecified atom stereocenters. The van der Waals surface area contributed by atoms with Gasteiger partial charge >= 0.3 is 5.97 Å². The summed E-state index contributed by atoms with van der Waals surface area (Å²) >= 11 is 0. The van der Waals surface area contributed by atoms with Crippen molar-refractivity contribution >= 4 is 11.8 Å². The van der Waals surface area contributed by atoms with Crippen molar-refractivity contribution < 1.29 is 19.4 Å². The van der Waals surface area contributed by atoms with Crippen LogP contribution in [0, 0.1) is 6.92 Å². The maximum atomic E-state index is 12.3. The number of aliphatic hydroxyl groups is 1. The first-order valence-corrected chi connectivity index (χ1v) is 7.20. The van der Waals surface area contributed by atoms with Crippen LogP contribution in [0.1, 0.15) is 37.3 Å². The average Bonchev–Trinajstić information content (AvgIpc) is 2.48. The summed E-state index contributed by atoms with van der Waals surface area (Å²) < 4.78 is 5.01. The molecule has 0 aliphatic heterocycles. The lowest BCUT2D eigenvalue weighted by Gasteiger charge is -2.30. The van der Waals surface area contributed by atoms with Gasteiger partial charge < -0.3 is 9.84 Å². The van der Waals surface area contributed by atoms with E-state index in [1.165, 1.54) is 0 Å². The predicted octanol–water partition coefficient (Wildman–Crippen LogP) is 2.43. The highest BCUT2D eigenvalue weighted by atomic mass is 16.5. The van der Waals surface area contributed by atoms with Crippen LogP contribution in [-0.2, 0) is 19.9 Å². The Balaban J connectivity index is 2.53. The third-order valence-corrected chi connectivity index (χ3v) is 3.69. The van der Waals surface area contributed by atoms with Gasteiger partial charge in [0.1, 0.15) is 0 Å². The molecule has 4 heteroatoms. The number of allylic oxidation sites excluding steroid dienone is 1. The molecule has 112 valence electrons. The van der Waals surface area contributed by atoms with E-state index in [1.54, 1.807) is 37.3 Å². The Morgan fingerprint density at radius 3 is 2.57 bits per heavy atom. The Kier molecular flexibility index (Phi) is 4.58. The first-order chi connectivity index (χ1) is 10.00. The van der Waals surface area contributed by atoms with Gasteiger partial charge in [-0.2, -0.15) is 0 Å². The molecule has 0 amide bonds. The summed E-state index contributed by atoms with van der Waals surface area (Å²) in [5.41, 5.74) is -0.501. The van der Waals surface area contributed by atoms with Gasteiger partial charge in [-0.1, -0.05) is 35.9 Å². The summed E-state index contributed by atoms with van der Waals surface area (Å²) in [6.07, 6.45) is 3.42. The van der Waals surface area contributed by atoms with Gasteiger partial charge in [0.2, 0.25) is 5.60 Å². The number of esters is 1. The Bertz CT molecular complexity index is 571. The smallest absolute Gasteiger partial charge is 0.347 e. The van der Waals surface area contributed by atoms with Gasteiger partial charge in [-0.3, -0.25) is 4.79 Å². The van der Waals surface area contributed by atoms with E-state index in [9.17, 15) is 14.7 Å². The second-order valence-electron chi connectivity index (χ2n) is 5.23. The number of aryl methyl sites for hydroxylation is 1.